The van der Waals surface area contributed by atoms with Crippen molar-refractivity contribution in [3.8, 4) is 0 Å². The van der Waals surface area contributed by atoms with E-state index in [2.05, 4.69) is 10.6 Å². The number of hydrogen-bond acceptors (Lipinski definition) is 2. The molecule has 0 aromatic heterocycles. The third-order valence-electron chi connectivity index (χ3n) is 4.49. The van der Waals surface area contributed by atoms with Gasteiger partial charge in [0.1, 0.15) is 0 Å². The highest BCUT2D eigenvalue weighted by Gasteiger charge is 2.21. The van der Waals surface area contributed by atoms with E-state index in [4.69, 9.17) is 23.2 Å². The zero-order valence-electron chi connectivity index (χ0n) is 14.2. The molecule has 0 unspecified atom stereocenters. The number of nitrogens with one attached hydrogen (secondary N) is 2. The second kappa shape index (κ2) is 8.56. The van der Waals surface area contributed by atoms with Crippen LogP contribution in [0.2, 0.25) is 10.0 Å². The maximum Gasteiger partial charge on any atom is 0.255 e. The van der Waals surface area contributed by atoms with Gasteiger partial charge in [-0.1, -0.05) is 48.5 Å². The molecule has 3 rings (SSSR count). The molecular formula is C20H20Cl2N2O2. The molecule has 1 fully saturated rings. The molecule has 1 aliphatic rings. The van der Waals surface area contributed by atoms with E-state index in [9.17, 15) is 9.59 Å². The van der Waals surface area contributed by atoms with Crippen LogP contribution >= 0.6 is 23.2 Å². The molecule has 2 amide bonds. The molecule has 0 bridgehead atoms. The maximum atomic E-state index is 12.4. The summed E-state index contributed by atoms with van der Waals surface area (Å²) in [6.07, 6.45) is 5.22. The SMILES string of the molecule is O=C(Nc1cc(Cl)cc(NC(=O)C2CCCCC2)c1)c1cccc(Cl)c1. The Labute approximate surface area is 162 Å². The van der Waals surface area contributed by atoms with Gasteiger partial charge < -0.3 is 10.6 Å². The van der Waals surface area contributed by atoms with Crippen molar-refractivity contribution in [3.05, 3.63) is 58.1 Å². The Balaban J connectivity index is 1.71. The van der Waals surface area contributed by atoms with E-state index in [1.165, 1.54) is 6.42 Å². The minimum absolute atomic E-state index is 0.0130. The third-order valence-corrected chi connectivity index (χ3v) is 4.94. The van der Waals surface area contributed by atoms with E-state index in [1.54, 1.807) is 42.5 Å². The molecule has 2 aromatic rings. The van der Waals surface area contributed by atoms with Gasteiger partial charge in [-0.05, 0) is 49.2 Å². The van der Waals surface area contributed by atoms with Crippen molar-refractivity contribution < 1.29 is 9.59 Å². The lowest BCUT2D eigenvalue weighted by molar-refractivity contribution is -0.120. The molecule has 2 N–H and O–H groups in total. The molecule has 136 valence electrons. The average Bonchev–Trinajstić information content (AvgIpc) is 2.62. The fourth-order valence-electron chi connectivity index (χ4n) is 3.18. The first-order valence-corrected chi connectivity index (χ1v) is 9.45. The first-order valence-electron chi connectivity index (χ1n) is 8.69. The van der Waals surface area contributed by atoms with Crippen molar-refractivity contribution in [1.82, 2.24) is 0 Å². The highest BCUT2D eigenvalue weighted by molar-refractivity contribution is 6.31. The summed E-state index contributed by atoms with van der Waals surface area (Å²) < 4.78 is 0. The first kappa shape index (κ1) is 18.7. The summed E-state index contributed by atoms with van der Waals surface area (Å²) in [6, 6.07) is 11.7. The number of halogens is 2. The second-order valence-corrected chi connectivity index (χ2v) is 7.39. The Kier molecular flexibility index (Phi) is 6.17. The smallest absolute Gasteiger partial charge is 0.255 e. The topological polar surface area (TPSA) is 58.2 Å². The van der Waals surface area contributed by atoms with Crippen LogP contribution < -0.4 is 10.6 Å². The van der Waals surface area contributed by atoms with Crippen LogP contribution in [0.25, 0.3) is 0 Å². The molecule has 0 spiro atoms. The Morgan fingerprint density at radius 2 is 1.54 bits per heavy atom. The molecule has 0 atom stereocenters. The summed E-state index contributed by atoms with van der Waals surface area (Å²) in [6.45, 7) is 0. The molecule has 0 radical (unpaired) electrons. The van der Waals surface area contributed by atoms with Gasteiger partial charge in [-0.2, -0.15) is 0 Å². The molecule has 6 heteroatoms. The van der Waals surface area contributed by atoms with E-state index in [-0.39, 0.29) is 17.7 Å². The number of amides is 2. The zero-order chi connectivity index (χ0) is 18.5. The van der Waals surface area contributed by atoms with Crippen LogP contribution in [-0.4, -0.2) is 11.8 Å². The maximum absolute atomic E-state index is 12.4. The number of hydrogen-bond donors (Lipinski definition) is 2. The van der Waals surface area contributed by atoms with E-state index >= 15 is 0 Å². The van der Waals surface area contributed by atoms with Crippen LogP contribution in [0.15, 0.2) is 42.5 Å². The van der Waals surface area contributed by atoms with E-state index in [0.717, 1.165) is 25.7 Å². The van der Waals surface area contributed by atoms with E-state index in [0.29, 0.717) is 27.0 Å². The summed E-state index contributed by atoms with van der Waals surface area (Å²) in [4.78, 5) is 24.8. The molecule has 1 aliphatic carbocycles. The van der Waals surface area contributed by atoms with E-state index in [1.807, 2.05) is 0 Å². The number of carbonyl (C=O) groups excluding carboxylic acids is 2. The molecular weight excluding hydrogens is 371 g/mol. The van der Waals surface area contributed by atoms with Crippen molar-refractivity contribution in [2.24, 2.45) is 5.92 Å². The highest BCUT2D eigenvalue weighted by atomic mass is 35.5. The number of rotatable bonds is 4. The van der Waals surface area contributed by atoms with Crippen molar-refractivity contribution in [1.29, 1.82) is 0 Å². The predicted molar refractivity (Wildman–Crippen MR) is 106 cm³/mol. The van der Waals surface area contributed by atoms with Crippen LogP contribution in [0.3, 0.4) is 0 Å². The fraction of sp³-hybridized carbons (Fsp3) is 0.300. The van der Waals surface area contributed by atoms with Crippen molar-refractivity contribution >= 4 is 46.4 Å². The standard InChI is InChI=1S/C20H20Cl2N2O2/c21-15-8-4-7-14(9-15)20(26)24-18-11-16(22)10-17(12-18)23-19(25)13-5-2-1-3-6-13/h4,7-13H,1-3,5-6H2,(H,23,25)(H,24,26). The Morgan fingerprint density at radius 1 is 0.846 bits per heavy atom. The number of benzene rings is 2. The van der Waals surface area contributed by atoms with Crippen LogP contribution in [0.4, 0.5) is 11.4 Å². The van der Waals surface area contributed by atoms with Gasteiger partial charge in [-0.25, -0.2) is 0 Å². The van der Waals surface area contributed by atoms with Gasteiger partial charge in [0, 0.05) is 32.9 Å². The fourth-order valence-corrected chi connectivity index (χ4v) is 3.60. The van der Waals surface area contributed by atoms with Gasteiger partial charge in [0.15, 0.2) is 0 Å². The molecule has 2 aromatic carbocycles. The van der Waals surface area contributed by atoms with Crippen LogP contribution in [0, 0.1) is 5.92 Å². The van der Waals surface area contributed by atoms with Gasteiger partial charge in [0.25, 0.3) is 5.91 Å². The third kappa shape index (κ3) is 4.99. The van der Waals surface area contributed by atoms with Crippen molar-refractivity contribution in [3.63, 3.8) is 0 Å². The summed E-state index contributed by atoms with van der Waals surface area (Å²) in [5.74, 6) is -0.231. The highest BCUT2D eigenvalue weighted by Crippen LogP contribution is 2.27. The average molecular weight is 391 g/mol. The number of anilines is 2. The monoisotopic (exact) mass is 390 g/mol. The largest absolute Gasteiger partial charge is 0.326 e. The number of carbonyl (C=O) groups is 2. The van der Waals surface area contributed by atoms with Gasteiger partial charge in [0.05, 0.1) is 0 Å². The Hall–Kier alpha value is -2.04. The minimum atomic E-state index is -0.292. The van der Waals surface area contributed by atoms with Crippen molar-refractivity contribution in [2.45, 2.75) is 32.1 Å². The Morgan fingerprint density at radius 3 is 2.23 bits per heavy atom. The second-order valence-electron chi connectivity index (χ2n) is 6.52. The molecule has 0 saturated heterocycles. The Bertz CT molecular complexity index is 817. The van der Waals surface area contributed by atoms with Gasteiger partial charge in [-0.3, -0.25) is 9.59 Å². The molecule has 0 heterocycles. The first-order chi connectivity index (χ1) is 12.5. The summed E-state index contributed by atoms with van der Waals surface area (Å²) in [7, 11) is 0. The lowest BCUT2D eigenvalue weighted by Crippen LogP contribution is -2.24. The molecule has 1 saturated carbocycles. The summed E-state index contributed by atoms with van der Waals surface area (Å²) in [5.41, 5.74) is 1.54. The molecule has 4 nitrogen and oxygen atoms in total. The van der Waals surface area contributed by atoms with Crippen LogP contribution in [0.5, 0.6) is 0 Å². The van der Waals surface area contributed by atoms with Gasteiger partial charge >= 0.3 is 0 Å². The summed E-state index contributed by atoms with van der Waals surface area (Å²) in [5, 5.41) is 6.63. The minimum Gasteiger partial charge on any atom is -0.326 e. The normalized spacial score (nSPS) is 14.7. The molecule has 0 aliphatic heterocycles. The van der Waals surface area contributed by atoms with Gasteiger partial charge in [-0.15, -0.1) is 0 Å². The van der Waals surface area contributed by atoms with Crippen LogP contribution in [-0.2, 0) is 4.79 Å². The molecule has 26 heavy (non-hydrogen) atoms. The lowest BCUT2D eigenvalue weighted by atomic mass is 9.88. The summed E-state index contributed by atoms with van der Waals surface area (Å²) >= 11 is 12.1. The quantitative estimate of drug-likeness (QED) is 0.696. The van der Waals surface area contributed by atoms with Crippen molar-refractivity contribution in [2.75, 3.05) is 10.6 Å². The van der Waals surface area contributed by atoms with Gasteiger partial charge in [0.2, 0.25) is 5.91 Å². The predicted octanol–water partition coefficient (Wildman–Crippen LogP) is 5.76. The van der Waals surface area contributed by atoms with Crippen LogP contribution in [0.1, 0.15) is 42.5 Å². The lowest BCUT2D eigenvalue weighted by Gasteiger charge is -2.21. The zero-order valence-corrected chi connectivity index (χ0v) is 15.7. The van der Waals surface area contributed by atoms with E-state index < -0.39 is 0 Å².